The van der Waals surface area contributed by atoms with Crippen LogP contribution in [0.1, 0.15) is 35.8 Å². The van der Waals surface area contributed by atoms with E-state index in [0.717, 1.165) is 38.1 Å². The second-order valence-electron chi connectivity index (χ2n) is 6.44. The van der Waals surface area contributed by atoms with Gasteiger partial charge >= 0.3 is 6.18 Å². The maximum Gasteiger partial charge on any atom is 0.416 e. The average molecular weight is 364 g/mol. The summed E-state index contributed by atoms with van der Waals surface area (Å²) in [7, 11) is 0. The zero-order chi connectivity index (χ0) is 18.7. The second-order valence-corrected chi connectivity index (χ2v) is 6.44. The number of nitrogens with one attached hydrogen (secondary N) is 1. The maximum absolute atomic E-state index is 12.6. The zero-order valence-electron chi connectivity index (χ0n) is 14.3. The highest BCUT2D eigenvalue weighted by molar-refractivity contribution is 6.02. The van der Waals surface area contributed by atoms with Gasteiger partial charge in [0, 0.05) is 25.0 Å². The molecule has 1 aliphatic rings. The first kappa shape index (κ1) is 18.2. The highest BCUT2D eigenvalue weighted by Gasteiger charge is 2.30. The standard InChI is InChI=1S/C18H19F3N4O/c1-12-7-10-25(11-8-12)17-22-9-6-15(24-17)16(26)23-14-4-2-13(3-5-14)18(19,20)21/h2-6,9,12H,7-8,10-11H2,1H3,(H,23,26). The molecule has 1 fully saturated rings. The van der Waals surface area contributed by atoms with Gasteiger partial charge in [-0.3, -0.25) is 4.79 Å². The van der Waals surface area contributed by atoms with Crippen molar-refractivity contribution in [3.63, 3.8) is 0 Å². The van der Waals surface area contributed by atoms with E-state index in [1.165, 1.54) is 24.4 Å². The summed E-state index contributed by atoms with van der Waals surface area (Å²) >= 11 is 0. The van der Waals surface area contributed by atoms with E-state index in [-0.39, 0.29) is 11.4 Å². The number of carbonyl (C=O) groups excluding carboxylic acids is 1. The first-order chi connectivity index (χ1) is 12.3. The van der Waals surface area contributed by atoms with Gasteiger partial charge in [-0.05, 0) is 49.1 Å². The molecule has 26 heavy (non-hydrogen) atoms. The summed E-state index contributed by atoms with van der Waals surface area (Å²) in [5, 5.41) is 2.56. The minimum absolute atomic E-state index is 0.175. The van der Waals surface area contributed by atoms with Gasteiger partial charge in [0.05, 0.1) is 5.56 Å². The summed E-state index contributed by atoms with van der Waals surface area (Å²) < 4.78 is 37.8. The smallest absolute Gasteiger partial charge is 0.341 e. The molecule has 3 rings (SSSR count). The van der Waals surface area contributed by atoms with Crippen molar-refractivity contribution in [2.75, 3.05) is 23.3 Å². The van der Waals surface area contributed by atoms with Gasteiger partial charge in [0.15, 0.2) is 0 Å². The number of hydrogen-bond donors (Lipinski definition) is 1. The normalized spacial score (nSPS) is 15.8. The lowest BCUT2D eigenvalue weighted by atomic mass is 10.00. The molecule has 0 radical (unpaired) electrons. The summed E-state index contributed by atoms with van der Waals surface area (Å²) in [6, 6.07) is 5.77. The van der Waals surface area contributed by atoms with E-state index in [2.05, 4.69) is 22.2 Å². The van der Waals surface area contributed by atoms with Crippen LogP contribution in [0.15, 0.2) is 36.5 Å². The summed E-state index contributed by atoms with van der Waals surface area (Å²) in [6.07, 6.45) is -0.797. The predicted octanol–water partition coefficient (Wildman–Crippen LogP) is 3.98. The lowest BCUT2D eigenvalue weighted by Gasteiger charge is -2.30. The first-order valence-electron chi connectivity index (χ1n) is 8.39. The van der Waals surface area contributed by atoms with Crippen LogP contribution in [-0.2, 0) is 6.18 Å². The second kappa shape index (κ2) is 7.31. The van der Waals surface area contributed by atoms with E-state index >= 15 is 0 Å². The van der Waals surface area contributed by atoms with Crippen LogP contribution >= 0.6 is 0 Å². The molecule has 8 heteroatoms. The van der Waals surface area contributed by atoms with Crippen LogP contribution in [0, 0.1) is 5.92 Å². The summed E-state index contributed by atoms with van der Waals surface area (Å²) in [4.78, 5) is 22.9. The molecule has 138 valence electrons. The van der Waals surface area contributed by atoms with Gasteiger partial charge in [0.1, 0.15) is 5.69 Å². The van der Waals surface area contributed by atoms with Gasteiger partial charge in [-0.1, -0.05) is 6.92 Å². The number of benzene rings is 1. The highest BCUT2D eigenvalue weighted by atomic mass is 19.4. The minimum atomic E-state index is -4.41. The van der Waals surface area contributed by atoms with Gasteiger partial charge in [0.25, 0.3) is 5.91 Å². The van der Waals surface area contributed by atoms with Crippen LogP contribution < -0.4 is 10.2 Å². The molecule has 0 unspecified atom stereocenters. The Hall–Kier alpha value is -2.64. The van der Waals surface area contributed by atoms with Crippen LogP contribution in [0.25, 0.3) is 0 Å². The van der Waals surface area contributed by atoms with E-state index in [4.69, 9.17) is 0 Å². The summed E-state index contributed by atoms with van der Waals surface area (Å²) in [5.74, 6) is 0.674. The van der Waals surface area contributed by atoms with E-state index in [1.807, 2.05) is 4.90 Å². The molecule has 1 aromatic heterocycles. The molecule has 1 aromatic carbocycles. The van der Waals surface area contributed by atoms with E-state index in [9.17, 15) is 18.0 Å². The maximum atomic E-state index is 12.6. The Morgan fingerprint density at radius 3 is 2.42 bits per heavy atom. The molecule has 0 aliphatic carbocycles. The van der Waals surface area contributed by atoms with E-state index in [0.29, 0.717) is 11.9 Å². The number of anilines is 2. The van der Waals surface area contributed by atoms with Crippen LogP contribution in [-0.4, -0.2) is 29.0 Å². The van der Waals surface area contributed by atoms with Gasteiger partial charge in [0.2, 0.25) is 5.95 Å². The van der Waals surface area contributed by atoms with Crippen molar-refractivity contribution in [3.05, 3.63) is 47.8 Å². The molecule has 1 aliphatic heterocycles. The van der Waals surface area contributed by atoms with Crippen molar-refractivity contribution in [2.45, 2.75) is 25.9 Å². The Morgan fingerprint density at radius 1 is 1.15 bits per heavy atom. The molecule has 2 heterocycles. The van der Waals surface area contributed by atoms with Crippen molar-refractivity contribution < 1.29 is 18.0 Å². The molecule has 5 nitrogen and oxygen atoms in total. The lowest BCUT2D eigenvalue weighted by Crippen LogP contribution is -2.34. The van der Waals surface area contributed by atoms with Crippen LogP contribution in [0.2, 0.25) is 0 Å². The molecule has 0 saturated carbocycles. The number of halogens is 3. The molecular formula is C18H19F3N4O. The summed E-state index contributed by atoms with van der Waals surface area (Å²) in [6.45, 7) is 3.88. The van der Waals surface area contributed by atoms with Crippen molar-refractivity contribution in [1.82, 2.24) is 9.97 Å². The first-order valence-corrected chi connectivity index (χ1v) is 8.39. The SMILES string of the molecule is CC1CCN(c2nccc(C(=O)Nc3ccc(C(F)(F)F)cc3)n2)CC1. The Morgan fingerprint density at radius 2 is 1.81 bits per heavy atom. The topological polar surface area (TPSA) is 58.1 Å². The van der Waals surface area contributed by atoms with Gasteiger partial charge in [-0.25, -0.2) is 9.97 Å². The third kappa shape index (κ3) is 4.30. The average Bonchev–Trinajstić information content (AvgIpc) is 2.62. The summed E-state index contributed by atoms with van der Waals surface area (Å²) in [5.41, 5.74) is -0.317. The molecule has 1 N–H and O–H groups in total. The molecule has 2 aromatic rings. The fraction of sp³-hybridized carbons (Fsp3) is 0.389. The zero-order valence-corrected chi connectivity index (χ0v) is 14.3. The van der Waals surface area contributed by atoms with E-state index in [1.54, 1.807) is 0 Å². The Kier molecular flexibility index (Phi) is 5.11. The molecule has 0 bridgehead atoms. The quantitative estimate of drug-likeness (QED) is 0.895. The third-order valence-electron chi connectivity index (χ3n) is 4.41. The minimum Gasteiger partial charge on any atom is -0.341 e. The molecule has 1 amide bonds. The van der Waals surface area contributed by atoms with Crippen LogP contribution in [0.4, 0.5) is 24.8 Å². The number of carbonyl (C=O) groups is 1. The predicted molar refractivity (Wildman–Crippen MR) is 92.0 cm³/mol. The number of nitrogens with zero attached hydrogens (tertiary/aromatic N) is 3. The number of piperidine rings is 1. The molecule has 0 spiro atoms. The Bertz CT molecular complexity index is 769. The molecule has 0 atom stereocenters. The third-order valence-corrected chi connectivity index (χ3v) is 4.41. The van der Waals surface area contributed by atoms with Gasteiger partial charge < -0.3 is 10.2 Å². The van der Waals surface area contributed by atoms with Crippen molar-refractivity contribution >= 4 is 17.5 Å². The van der Waals surface area contributed by atoms with Crippen molar-refractivity contribution in [1.29, 1.82) is 0 Å². The van der Waals surface area contributed by atoms with Crippen LogP contribution in [0.3, 0.4) is 0 Å². The Labute approximate surface area is 149 Å². The largest absolute Gasteiger partial charge is 0.416 e. The van der Waals surface area contributed by atoms with Gasteiger partial charge in [-0.2, -0.15) is 13.2 Å². The van der Waals surface area contributed by atoms with E-state index < -0.39 is 17.6 Å². The monoisotopic (exact) mass is 364 g/mol. The van der Waals surface area contributed by atoms with Gasteiger partial charge in [-0.15, -0.1) is 0 Å². The number of amides is 1. The fourth-order valence-electron chi connectivity index (χ4n) is 2.77. The number of alkyl halides is 3. The molecular weight excluding hydrogens is 345 g/mol. The molecule has 1 saturated heterocycles. The van der Waals surface area contributed by atoms with Crippen LogP contribution in [0.5, 0.6) is 0 Å². The fourth-order valence-corrected chi connectivity index (χ4v) is 2.77. The number of rotatable bonds is 3. The highest BCUT2D eigenvalue weighted by Crippen LogP contribution is 2.29. The lowest BCUT2D eigenvalue weighted by molar-refractivity contribution is -0.137. The number of aromatic nitrogens is 2. The van der Waals surface area contributed by atoms with Crippen molar-refractivity contribution in [2.24, 2.45) is 5.92 Å². The Balaban J connectivity index is 1.69. The van der Waals surface area contributed by atoms with Crippen molar-refractivity contribution in [3.8, 4) is 0 Å². The number of hydrogen-bond acceptors (Lipinski definition) is 4.